The van der Waals surface area contributed by atoms with Gasteiger partial charge in [-0.3, -0.25) is 4.99 Å². The van der Waals surface area contributed by atoms with Gasteiger partial charge in [0.25, 0.3) is 0 Å². The SMILES string of the molecule is Cc1cc(Cl)c(NC2=NC(C)C(C)CS2)cc1Cl. The third-order valence-corrected chi connectivity index (χ3v) is 5.01. The van der Waals surface area contributed by atoms with Crippen LogP contribution in [0.3, 0.4) is 0 Å². The molecule has 1 aliphatic rings. The standard InChI is InChI=1S/C13H16Cl2N2S/c1-7-4-11(15)12(5-10(7)14)17-13-16-9(3)8(2)6-18-13/h4-5,8-9H,6H2,1-3H3,(H,16,17). The molecule has 1 N–H and O–H groups in total. The minimum Gasteiger partial charge on any atom is -0.334 e. The Balaban J connectivity index is 2.20. The summed E-state index contributed by atoms with van der Waals surface area (Å²) in [5, 5.41) is 5.57. The van der Waals surface area contributed by atoms with Crippen molar-refractivity contribution < 1.29 is 0 Å². The van der Waals surface area contributed by atoms with Crippen LogP contribution in [0.5, 0.6) is 0 Å². The molecule has 2 atom stereocenters. The number of amidine groups is 1. The van der Waals surface area contributed by atoms with Gasteiger partial charge in [-0.05, 0) is 37.5 Å². The highest BCUT2D eigenvalue weighted by molar-refractivity contribution is 8.14. The van der Waals surface area contributed by atoms with E-state index in [1.165, 1.54) is 0 Å². The molecule has 18 heavy (non-hydrogen) atoms. The quantitative estimate of drug-likeness (QED) is 0.802. The van der Waals surface area contributed by atoms with E-state index in [4.69, 9.17) is 23.2 Å². The highest BCUT2D eigenvalue weighted by atomic mass is 35.5. The van der Waals surface area contributed by atoms with Gasteiger partial charge in [0.2, 0.25) is 0 Å². The van der Waals surface area contributed by atoms with Crippen molar-refractivity contribution in [3.63, 3.8) is 0 Å². The fourth-order valence-corrected chi connectivity index (χ4v) is 3.18. The Morgan fingerprint density at radius 3 is 2.67 bits per heavy atom. The molecule has 1 aromatic carbocycles. The van der Waals surface area contributed by atoms with Gasteiger partial charge in [0.05, 0.1) is 16.8 Å². The van der Waals surface area contributed by atoms with Crippen molar-refractivity contribution in [2.45, 2.75) is 26.8 Å². The van der Waals surface area contributed by atoms with Crippen molar-refractivity contribution >= 4 is 45.8 Å². The van der Waals surface area contributed by atoms with Crippen LogP contribution in [0.2, 0.25) is 10.0 Å². The van der Waals surface area contributed by atoms with Crippen LogP contribution in [-0.4, -0.2) is 17.0 Å². The molecule has 1 heterocycles. The average molecular weight is 303 g/mol. The van der Waals surface area contributed by atoms with Crippen molar-refractivity contribution in [3.05, 3.63) is 27.7 Å². The van der Waals surface area contributed by atoms with Gasteiger partial charge in [0, 0.05) is 10.8 Å². The lowest BCUT2D eigenvalue weighted by Gasteiger charge is -2.24. The first-order valence-corrected chi connectivity index (χ1v) is 7.65. The normalized spacial score (nSPS) is 23.7. The summed E-state index contributed by atoms with van der Waals surface area (Å²) in [7, 11) is 0. The molecule has 98 valence electrons. The Labute approximate surface area is 122 Å². The molecule has 0 saturated heterocycles. The van der Waals surface area contributed by atoms with E-state index >= 15 is 0 Å². The lowest BCUT2D eigenvalue weighted by atomic mass is 10.1. The van der Waals surface area contributed by atoms with Crippen molar-refractivity contribution in [2.24, 2.45) is 10.9 Å². The van der Waals surface area contributed by atoms with Crippen LogP contribution in [0.1, 0.15) is 19.4 Å². The Kier molecular flexibility index (Phi) is 4.46. The maximum absolute atomic E-state index is 6.20. The van der Waals surface area contributed by atoms with Crippen molar-refractivity contribution in [1.29, 1.82) is 0 Å². The molecular weight excluding hydrogens is 287 g/mol. The minimum atomic E-state index is 0.341. The summed E-state index contributed by atoms with van der Waals surface area (Å²) in [6.07, 6.45) is 0. The molecule has 0 bridgehead atoms. The van der Waals surface area contributed by atoms with Crippen LogP contribution in [0.15, 0.2) is 17.1 Å². The lowest BCUT2D eigenvalue weighted by molar-refractivity contribution is 0.537. The Bertz CT molecular complexity index is 488. The van der Waals surface area contributed by atoms with Gasteiger partial charge in [-0.25, -0.2) is 0 Å². The summed E-state index contributed by atoms with van der Waals surface area (Å²) in [4.78, 5) is 4.62. The number of benzene rings is 1. The molecule has 2 unspecified atom stereocenters. The molecule has 0 aliphatic carbocycles. The second kappa shape index (κ2) is 5.72. The van der Waals surface area contributed by atoms with E-state index in [9.17, 15) is 0 Å². The molecule has 1 aromatic rings. The number of anilines is 1. The summed E-state index contributed by atoms with van der Waals surface area (Å²) >= 11 is 14.0. The number of halogens is 2. The third-order valence-electron chi connectivity index (χ3n) is 3.12. The topological polar surface area (TPSA) is 24.4 Å². The van der Waals surface area contributed by atoms with E-state index in [0.29, 0.717) is 22.0 Å². The first-order chi connectivity index (χ1) is 8.47. The predicted octanol–water partition coefficient (Wildman–Crippen LogP) is 4.84. The van der Waals surface area contributed by atoms with Crippen LogP contribution >= 0.6 is 35.0 Å². The fraction of sp³-hybridized carbons (Fsp3) is 0.462. The predicted molar refractivity (Wildman–Crippen MR) is 83.3 cm³/mol. The zero-order valence-electron chi connectivity index (χ0n) is 10.6. The minimum absolute atomic E-state index is 0.341. The largest absolute Gasteiger partial charge is 0.334 e. The molecule has 1 aliphatic heterocycles. The molecule has 0 aromatic heterocycles. The van der Waals surface area contributed by atoms with Crippen LogP contribution < -0.4 is 5.32 Å². The van der Waals surface area contributed by atoms with Gasteiger partial charge in [-0.1, -0.05) is 41.9 Å². The molecule has 0 radical (unpaired) electrons. The maximum Gasteiger partial charge on any atom is 0.161 e. The van der Waals surface area contributed by atoms with E-state index in [0.717, 1.165) is 22.2 Å². The number of thioether (sulfide) groups is 1. The number of aryl methyl sites for hydroxylation is 1. The molecule has 2 rings (SSSR count). The van der Waals surface area contributed by atoms with E-state index in [1.54, 1.807) is 11.8 Å². The van der Waals surface area contributed by atoms with Crippen LogP contribution in [0.25, 0.3) is 0 Å². The monoisotopic (exact) mass is 302 g/mol. The molecule has 0 amide bonds. The highest BCUT2D eigenvalue weighted by Gasteiger charge is 2.19. The third kappa shape index (κ3) is 3.14. The van der Waals surface area contributed by atoms with E-state index in [1.807, 2.05) is 19.1 Å². The second-order valence-corrected chi connectivity index (χ2v) is 6.49. The maximum atomic E-state index is 6.20. The zero-order valence-corrected chi connectivity index (χ0v) is 13.0. The van der Waals surface area contributed by atoms with Crippen molar-refractivity contribution in [1.82, 2.24) is 0 Å². The van der Waals surface area contributed by atoms with Gasteiger partial charge in [-0.15, -0.1) is 0 Å². The van der Waals surface area contributed by atoms with Crippen molar-refractivity contribution in [2.75, 3.05) is 11.1 Å². The first-order valence-electron chi connectivity index (χ1n) is 5.90. The lowest BCUT2D eigenvalue weighted by Crippen LogP contribution is -2.25. The zero-order chi connectivity index (χ0) is 13.3. The van der Waals surface area contributed by atoms with Crippen molar-refractivity contribution in [3.8, 4) is 0 Å². The summed E-state index contributed by atoms with van der Waals surface area (Å²) < 4.78 is 0. The first kappa shape index (κ1) is 14.0. The van der Waals surface area contributed by atoms with Gasteiger partial charge in [0.1, 0.15) is 0 Å². The molecule has 0 saturated carbocycles. The van der Waals surface area contributed by atoms with Gasteiger partial charge >= 0.3 is 0 Å². The number of aliphatic imine (C=N–C) groups is 1. The number of nitrogens with one attached hydrogen (secondary N) is 1. The Morgan fingerprint density at radius 2 is 2.00 bits per heavy atom. The summed E-state index contributed by atoms with van der Waals surface area (Å²) in [5.41, 5.74) is 1.80. The molecule has 0 fully saturated rings. The smallest absolute Gasteiger partial charge is 0.161 e. The number of nitrogens with zero attached hydrogens (tertiary/aromatic N) is 1. The van der Waals surface area contributed by atoms with Crippen LogP contribution in [0.4, 0.5) is 5.69 Å². The molecule has 5 heteroatoms. The number of hydrogen-bond acceptors (Lipinski definition) is 3. The van der Waals surface area contributed by atoms with Gasteiger partial charge in [-0.2, -0.15) is 0 Å². The van der Waals surface area contributed by atoms with Gasteiger partial charge in [0.15, 0.2) is 5.17 Å². The fourth-order valence-electron chi connectivity index (χ4n) is 1.62. The summed E-state index contributed by atoms with van der Waals surface area (Å²) in [6, 6.07) is 4.06. The van der Waals surface area contributed by atoms with Crippen LogP contribution in [0, 0.1) is 12.8 Å². The molecule has 2 nitrogen and oxygen atoms in total. The molecule has 0 spiro atoms. The summed E-state index contributed by atoms with van der Waals surface area (Å²) in [6.45, 7) is 6.29. The van der Waals surface area contributed by atoms with E-state index in [-0.39, 0.29) is 0 Å². The Morgan fingerprint density at radius 1 is 1.28 bits per heavy atom. The van der Waals surface area contributed by atoms with E-state index in [2.05, 4.69) is 24.2 Å². The summed E-state index contributed by atoms with van der Waals surface area (Å²) in [5.74, 6) is 1.68. The van der Waals surface area contributed by atoms with E-state index < -0.39 is 0 Å². The highest BCUT2D eigenvalue weighted by Crippen LogP contribution is 2.31. The van der Waals surface area contributed by atoms with Crippen LogP contribution in [-0.2, 0) is 0 Å². The molecular formula is C13H16Cl2N2S. The average Bonchev–Trinajstić information content (AvgIpc) is 2.31. The Hall–Kier alpha value is -0.380. The number of rotatable bonds is 1. The number of hydrogen-bond donors (Lipinski definition) is 1. The second-order valence-electron chi connectivity index (χ2n) is 4.67. The van der Waals surface area contributed by atoms with Gasteiger partial charge < -0.3 is 5.32 Å².